The lowest BCUT2D eigenvalue weighted by Gasteiger charge is -2.13. The first-order valence-electron chi connectivity index (χ1n) is 11.1. The lowest BCUT2D eigenvalue weighted by atomic mass is 10.1. The number of nitrogens with zero attached hydrogens (tertiary/aromatic N) is 2. The molecule has 6 heteroatoms. The highest BCUT2D eigenvalue weighted by atomic mass is 16.7. The minimum absolute atomic E-state index is 0.254. The topological polar surface area (TPSA) is 54.2 Å². The van der Waals surface area contributed by atoms with Gasteiger partial charge in [-0.15, -0.1) is 0 Å². The molecule has 0 bridgehead atoms. The van der Waals surface area contributed by atoms with Crippen LogP contribution in [-0.2, 0) is 11.4 Å². The van der Waals surface area contributed by atoms with E-state index >= 15 is 0 Å². The molecule has 3 aromatic carbocycles. The number of benzene rings is 3. The minimum Gasteiger partial charge on any atom is -0.497 e. The molecule has 1 aliphatic heterocycles. The lowest BCUT2D eigenvalue weighted by Crippen LogP contribution is -2.03. The molecule has 4 aromatic rings. The maximum Gasteiger partial charge on any atom is 0.231 e. The summed E-state index contributed by atoms with van der Waals surface area (Å²) in [5, 5.41) is 4.43. The highest BCUT2D eigenvalue weighted by molar-refractivity contribution is 6.01. The molecule has 0 fully saturated rings. The monoisotopic (exact) mass is 454 g/mol. The molecule has 0 unspecified atom stereocenters. The first-order chi connectivity index (χ1) is 16.6. The van der Waals surface area contributed by atoms with Crippen LogP contribution in [0.4, 0.5) is 0 Å². The van der Waals surface area contributed by atoms with E-state index in [9.17, 15) is 0 Å². The summed E-state index contributed by atoms with van der Waals surface area (Å²) in [6.45, 7) is 4.66. The first kappa shape index (κ1) is 21.6. The fourth-order valence-corrected chi connectivity index (χ4v) is 4.16. The first-order valence-corrected chi connectivity index (χ1v) is 11.1. The van der Waals surface area contributed by atoms with Crippen molar-refractivity contribution in [1.82, 2.24) is 4.57 Å². The number of ether oxygens (including phenoxy) is 3. The summed E-state index contributed by atoms with van der Waals surface area (Å²) in [5.74, 6) is 2.30. The molecule has 0 saturated heterocycles. The Bertz CT molecular complexity index is 1340. The fraction of sp³-hybridized carbons (Fsp3) is 0.179. The Hall–Kier alpha value is -4.19. The summed E-state index contributed by atoms with van der Waals surface area (Å²) in [6.07, 6.45) is 0. The van der Waals surface area contributed by atoms with Gasteiger partial charge in [0.1, 0.15) is 12.4 Å². The quantitative estimate of drug-likeness (QED) is 0.249. The van der Waals surface area contributed by atoms with Crippen LogP contribution in [0, 0.1) is 6.92 Å². The van der Waals surface area contributed by atoms with Crippen molar-refractivity contribution < 1.29 is 19.0 Å². The Morgan fingerprint density at radius 3 is 2.59 bits per heavy atom. The number of oxime groups is 1. The number of rotatable bonds is 7. The number of methoxy groups -OCH3 is 1. The maximum absolute atomic E-state index is 5.71. The van der Waals surface area contributed by atoms with E-state index in [-0.39, 0.29) is 6.79 Å². The molecule has 2 heterocycles. The molecular weight excluding hydrogens is 428 g/mol. The fourth-order valence-electron chi connectivity index (χ4n) is 4.16. The van der Waals surface area contributed by atoms with Gasteiger partial charge in [0.15, 0.2) is 11.5 Å². The molecule has 0 N–H and O–H groups in total. The molecule has 0 spiro atoms. The van der Waals surface area contributed by atoms with Crippen LogP contribution >= 0.6 is 0 Å². The van der Waals surface area contributed by atoms with E-state index in [0.717, 1.165) is 56.7 Å². The molecule has 5 rings (SSSR count). The summed E-state index contributed by atoms with van der Waals surface area (Å²) in [4.78, 5) is 5.71. The second-order valence-corrected chi connectivity index (χ2v) is 8.07. The number of fused-ring (bicyclic) bond motifs is 1. The summed E-state index contributed by atoms with van der Waals surface area (Å²) >= 11 is 0. The molecule has 6 nitrogen and oxygen atoms in total. The average Bonchev–Trinajstić information content (AvgIpc) is 3.48. The highest BCUT2D eigenvalue weighted by Gasteiger charge is 2.18. The number of hydrogen-bond acceptors (Lipinski definition) is 5. The molecule has 1 aromatic heterocycles. The van der Waals surface area contributed by atoms with Gasteiger partial charge in [0, 0.05) is 23.0 Å². The van der Waals surface area contributed by atoms with Crippen LogP contribution in [0.2, 0.25) is 0 Å². The largest absolute Gasteiger partial charge is 0.497 e. The van der Waals surface area contributed by atoms with Crippen molar-refractivity contribution in [2.24, 2.45) is 5.16 Å². The molecule has 0 atom stereocenters. The van der Waals surface area contributed by atoms with Gasteiger partial charge in [-0.25, -0.2) is 0 Å². The van der Waals surface area contributed by atoms with Gasteiger partial charge in [0.2, 0.25) is 6.79 Å². The van der Waals surface area contributed by atoms with Crippen molar-refractivity contribution in [3.63, 3.8) is 0 Å². The van der Waals surface area contributed by atoms with E-state index in [1.165, 1.54) is 0 Å². The van der Waals surface area contributed by atoms with Crippen molar-refractivity contribution in [3.05, 3.63) is 95.7 Å². The van der Waals surface area contributed by atoms with E-state index in [1.807, 2.05) is 61.5 Å². The summed E-state index contributed by atoms with van der Waals surface area (Å²) < 4.78 is 18.5. The van der Waals surface area contributed by atoms with Crippen molar-refractivity contribution in [2.45, 2.75) is 20.5 Å². The number of hydrogen-bond donors (Lipinski definition) is 0. The van der Waals surface area contributed by atoms with Gasteiger partial charge in [-0.3, -0.25) is 0 Å². The van der Waals surface area contributed by atoms with Gasteiger partial charge in [-0.2, -0.15) is 0 Å². The molecular formula is C28H26N2O4. The Morgan fingerprint density at radius 1 is 0.941 bits per heavy atom. The van der Waals surface area contributed by atoms with E-state index in [1.54, 1.807) is 7.11 Å². The van der Waals surface area contributed by atoms with Crippen LogP contribution in [0.1, 0.15) is 23.7 Å². The molecule has 0 aliphatic carbocycles. The zero-order chi connectivity index (χ0) is 23.5. The Labute approximate surface area is 199 Å². The van der Waals surface area contributed by atoms with E-state index in [4.69, 9.17) is 19.0 Å². The predicted octanol–water partition coefficient (Wildman–Crippen LogP) is 6.13. The van der Waals surface area contributed by atoms with E-state index < -0.39 is 0 Å². The van der Waals surface area contributed by atoms with Gasteiger partial charge in [-0.05, 0) is 55.3 Å². The average molecular weight is 455 g/mol. The predicted molar refractivity (Wildman–Crippen MR) is 132 cm³/mol. The van der Waals surface area contributed by atoms with Crippen LogP contribution in [0.5, 0.6) is 17.2 Å². The van der Waals surface area contributed by atoms with Crippen molar-refractivity contribution in [3.8, 4) is 34.2 Å². The van der Waals surface area contributed by atoms with E-state index in [0.29, 0.717) is 6.61 Å². The van der Waals surface area contributed by atoms with Crippen LogP contribution in [0.3, 0.4) is 0 Å². The smallest absolute Gasteiger partial charge is 0.231 e. The SMILES string of the molecule is COc1cccc(-n2c(-c3ccccc3)cc(/C(C)=N\OCc3ccc4c(c3)OCO4)c2C)c1. The number of aromatic nitrogens is 1. The maximum atomic E-state index is 5.71. The van der Waals surface area contributed by atoms with Gasteiger partial charge < -0.3 is 23.6 Å². The lowest BCUT2D eigenvalue weighted by molar-refractivity contribution is 0.130. The second-order valence-electron chi connectivity index (χ2n) is 8.07. The summed E-state index contributed by atoms with van der Waals surface area (Å²) in [7, 11) is 1.68. The zero-order valence-electron chi connectivity index (χ0n) is 19.4. The Kier molecular flexibility index (Phi) is 5.95. The molecule has 0 saturated carbocycles. The second kappa shape index (κ2) is 9.35. The normalized spacial score (nSPS) is 12.6. The van der Waals surface area contributed by atoms with Crippen molar-refractivity contribution in [1.29, 1.82) is 0 Å². The highest BCUT2D eigenvalue weighted by Crippen LogP contribution is 2.33. The Morgan fingerprint density at radius 2 is 1.76 bits per heavy atom. The standard InChI is InChI=1S/C28H26N2O4/c1-19(29-34-17-21-12-13-27-28(14-21)33-18-32-27)25-16-26(22-8-5-4-6-9-22)30(20(25)2)23-10-7-11-24(15-23)31-3/h4-16H,17-18H2,1-3H3/b29-19-. The third kappa shape index (κ3) is 4.22. The van der Waals surface area contributed by atoms with Gasteiger partial charge in [-0.1, -0.05) is 47.6 Å². The third-order valence-electron chi connectivity index (χ3n) is 5.89. The Balaban J connectivity index is 1.46. The third-order valence-corrected chi connectivity index (χ3v) is 5.89. The minimum atomic E-state index is 0.254. The van der Waals surface area contributed by atoms with E-state index in [2.05, 4.69) is 40.9 Å². The molecule has 34 heavy (non-hydrogen) atoms. The van der Waals surface area contributed by atoms with Gasteiger partial charge in [0.05, 0.1) is 18.5 Å². The van der Waals surface area contributed by atoms with Crippen LogP contribution in [-0.4, -0.2) is 24.2 Å². The van der Waals surface area contributed by atoms with Crippen molar-refractivity contribution >= 4 is 5.71 Å². The molecule has 172 valence electrons. The summed E-state index contributed by atoms with van der Waals surface area (Å²) in [5.41, 5.74) is 7.08. The molecule has 1 aliphatic rings. The zero-order valence-corrected chi connectivity index (χ0v) is 19.4. The molecule has 0 amide bonds. The van der Waals surface area contributed by atoms with Crippen LogP contribution < -0.4 is 14.2 Å². The van der Waals surface area contributed by atoms with Gasteiger partial charge >= 0.3 is 0 Å². The molecule has 0 radical (unpaired) electrons. The van der Waals surface area contributed by atoms with Crippen LogP contribution in [0.25, 0.3) is 16.9 Å². The van der Waals surface area contributed by atoms with Crippen molar-refractivity contribution in [2.75, 3.05) is 13.9 Å². The summed E-state index contributed by atoms with van der Waals surface area (Å²) in [6, 6.07) is 26.3. The van der Waals surface area contributed by atoms with Gasteiger partial charge in [0.25, 0.3) is 0 Å². The van der Waals surface area contributed by atoms with Crippen LogP contribution in [0.15, 0.2) is 84.0 Å².